The van der Waals surface area contributed by atoms with E-state index >= 15 is 0 Å². The van der Waals surface area contributed by atoms with Crippen LogP contribution in [0.1, 0.15) is 11.1 Å². The summed E-state index contributed by atoms with van der Waals surface area (Å²) in [4.78, 5) is 13.1. The van der Waals surface area contributed by atoms with Gasteiger partial charge in [-0.1, -0.05) is 24.3 Å². The minimum absolute atomic E-state index is 0.157. The van der Waals surface area contributed by atoms with Crippen LogP contribution in [0.4, 0.5) is 16.0 Å². The molecule has 134 valence electrons. The third-order valence-corrected chi connectivity index (χ3v) is 5.11. The monoisotopic (exact) mass is 360 g/mol. The van der Waals surface area contributed by atoms with Crippen molar-refractivity contribution < 1.29 is 9.13 Å². The standard InChI is InChI=1S/C21H17FN4O/c22-16-3-1-2-14-8-15(11-27-20(14)16)19-10-13-5-4-12(9-18(13)25-19)17-6-7-24-21(23)26-17/h1-7,9,15H,8,10-11H2,(H2,23,24,26). The normalized spacial score (nSPS) is 17.7. The highest BCUT2D eigenvalue weighted by Crippen LogP contribution is 2.36. The number of aliphatic imine (C=N–C) groups is 1. The topological polar surface area (TPSA) is 73.4 Å². The van der Waals surface area contributed by atoms with E-state index < -0.39 is 0 Å². The van der Waals surface area contributed by atoms with E-state index in [9.17, 15) is 4.39 Å². The second kappa shape index (κ2) is 6.16. The molecule has 0 saturated carbocycles. The summed E-state index contributed by atoms with van der Waals surface area (Å²) in [6, 6.07) is 13.1. The second-order valence-corrected chi connectivity index (χ2v) is 6.86. The summed E-state index contributed by atoms with van der Waals surface area (Å²) < 4.78 is 19.5. The molecule has 2 aromatic carbocycles. The first-order chi connectivity index (χ1) is 13.2. The summed E-state index contributed by atoms with van der Waals surface area (Å²) in [6.07, 6.45) is 3.19. The molecule has 5 nitrogen and oxygen atoms in total. The number of anilines is 1. The van der Waals surface area contributed by atoms with Crippen LogP contribution in [0.25, 0.3) is 11.3 Å². The van der Waals surface area contributed by atoms with Crippen LogP contribution in [0.5, 0.6) is 5.75 Å². The number of nitrogens with zero attached hydrogens (tertiary/aromatic N) is 3. The van der Waals surface area contributed by atoms with Gasteiger partial charge in [-0.2, -0.15) is 0 Å². The Hall–Kier alpha value is -3.28. The predicted molar refractivity (Wildman–Crippen MR) is 102 cm³/mol. The minimum atomic E-state index is -0.295. The maximum atomic E-state index is 13.9. The van der Waals surface area contributed by atoms with Gasteiger partial charge in [0.05, 0.1) is 18.0 Å². The molecule has 2 N–H and O–H groups in total. The van der Waals surface area contributed by atoms with Gasteiger partial charge in [0.25, 0.3) is 0 Å². The molecule has 0 fully saturated rings. The molecule has 5 rings (SSSR count). The number of rotatable bonds is 2. The third-order valence-electron chi connectivity index (χ3n) is 5.11. The number of para-hydroxylation sites is 1. The lowest BCUT2D eigenvalue weighted by molar-refractivity contribution is 0.245. The van der Waals surface area contributed by atoms with Crippen molar-refractivity contribution in [2.45, 2.75) is 12.8 Å². The largest absolute Gasteiger partial charge is 0.490 e. The van der Waals surface area contributed by atoms with Gasteiger partial charge in [0, 0.05) is 29.8 Å². The number of nitrogen functional groups attached to an aromatic ring is 1. The average Bonchev–Trinajstić information content (AvgIpc) is 3.11. The number of benzene rings is 2. The zero-order valence-electron chi connectivity index (χ0n) is 14.5. The Bertz CT molecular complexity index is 1080. The van der Waals surface area contributed by atoms with E-state index in [1.807, 2.05) is 24.3 Å². The van der Waals surface area contributed by atoms with Crippen LogP contribution in [0.2, 0.25) is 0 Å². The summed E-state index contributed by atoms with van der Waals surface area (Å²) in [5.74, 6) is 0.497. The van der Waals surface area contributed by atoms with Gasteiger partial charge in [0.2, 0.25) is 5.95 Å². The lowest BCUT2D eigenvalue weighted by atomic mass is 9.90. The molecule has 0 spiro atoms. The Balaban J connectivity index is 1.43. The number of nitrogens with two attached hydrogens (primary N) is 1. The van der Waals surface area contributed by atoms with Crippen molar-refractivity contribution in [2.75, 3.05) is 12.3 Å². The van der Waals surface area contributed by atoms with Crippen molar-refractivity contribution in [2.24, 2.45) is 10.9 Å². The van der Waals surface area contributed by atoms with E-state index in [0.717, 1.165) is 41.1 Å². The van der Waals surface area contributed by atoms with Gasteiger partial charge in [-0.15, -0.1) is 0 Å². The number of halogens is 1. The molecule has 3 aromatic rings. The van der Waals surface area contributed by atoms with Gasteiger partial charge in [-0.3, -0.25) is 4.99 Å². The van der Waals surface area contributed by atoms with Crippen molar-refractivity contribution in [3.8, 4) is 17.0 Å². The van der Waals surface area contributed by atoms with Crippen LogP contribution in [-0.2, 0) is 12.8 Å². The smallest absolute Gasteiger partial charge is 0.220 e. The van der Waals surface area contributed by atoms with Crippen LogP contribution >= 0.6 is 0 Å². The fourth-order valence-corrected chi connectivity index (χ4v) is 3.73. The molecule has 6 heteroatoms. The highest BCUT2D eigenvalue weighted by atomic mass is 19.1. The first kappa shape index (κ1) is 15.9. The van der Waals surface area contributed by atoms with E-state index in [-0.39, 0.29) is 17.7 Å². The molecule has 2 aliphatic heterocycles. The number of hydrogen-bond acceptors (Lipinski definition) is 5. The van der Waals surface area contributed by atoms with Crippen molar-refractivity contribution in [1.29, 1.82) is 0 Å². The van der Waals surface area contributed by atoms with Crippen LogP contribution in [0, 0.1) is 11.7 Å². The van der Waals surface area contributed by atoms with Crippen LogP contribution in [-0.4, -0.2) is 22.3 Å². The Morgan fingerprint density at radius 1 is 1.11 bits per heavy atom. The van der Waals surface area contributed by atoms with E-state index in [1.165, 1.54) is 11.6 Å². The fourth-order valence-electron chi connectivity index (χ4n) is 3.73. The molecule has 0 amide bonds. The molecule has 0 aliphatic carbocycles. The highest BCUT2D eigenvalue weighted by molar-refractivity contribution is 5.96. The number of hydrogen-bond donors (Lipinski definition) is 1. The van der Waals surface area contributed by atoms with E-state index in [0.29, 0.717) is 12.4 Å². The maximum absolute atomic E-state index is 13.9. The molecule has 3 heterocycles. The molecular weight excluding hydrogens is 343 g/mol. The Labute approximate surface area is 155 Å². The Morgan fingerprint density at radius 3 is 2.93 bits per heavy atom. The van der Waals surface area contributed by atoms with Gasteiger partial charge in [-0.05, 0) is 35.7 Å². The zero-order chi connectivity index (χ0) is 18.4. The molecule has 1 unspecified atom stereocenters. The van der Waals surface area contributed by atoms with E-state index in [4.69, 9.17) is 15.5 Å². The lowest BCUT2D eigenvalue weighted by Gasteiger charge is -2.25. The first-order valence-electron chi connectivity index (χ1n) is 8.87. The molecule has 2 aliphatic rings. The quantitative estimate of drug-likeness (QED) is 0.755. The molecular formula is C21H17FN4O. The highest BCUT2D eigenvalue weighted by Gasteiger charge is 2.29. The van der Waals surface area contributed by atoms with Gasteiger partial charge >= 0.3 is 0 Å². The number of fused-ring (bicyclic) bond motifs is 2. The predicted octanol–water partition coefficient (Wildman–Crippen LogP) is 3.74. The third kappa shape index (κ3) is 2.83. The SMILES string of the molecule is Nc1nccc(-c2ccc3c(c2)N=C(C2COc4c(F)cccc4C2)C3)n1. The van der Waals surface area contributed by atoms with E-state index in [2.05, 4.69) is 16.0 Å². The minimum Gasteiger partial charge on any atom is -0.490 e. The lowest BCUT2D eigenvalue weighted by Crippen LogP contribution is -2.28. The Morgan fingerprint density at radius 2 is 2.04 bits per heavy atom. The fraction of sp³-hybridized carbons (Fsp3) is 0.190. The zero-order valence-corrected chi connectivity index (χ0v) is 14.5. The molecule has 0 bridgehead atoms. The van der Waals surface area contributed by atoms with Crippen molar-refractivity contribution >= 4 is 17.3 Å². The maximum Gasteiger partial charge on any atom is 0.220 e. The molecule has 27 heavy (non-hydrogen) atoms. The second-order valence-electron chi connectivity index (χ2n) is 6.86. The molecule has 0 radical (unpaired) electrons. The first-order valence-corrected chi connectivity index (χ1v) is 8.87. The van der Waals surface area contributed by atoms with Crippen molar-refractivity contribution in [3.05, 3.63) is 65.6 Å². The molecule has 1 aromatic heterocycles. The van der Waals surface area contributed by atoms with Gasteiger partial charge < -0.3 is 10.5 Å². The summed E-state index contributed by atoms with van der Waals surface area (Å²) in [5, 5.41) is 0. The summed E-state index contributed by atoms with van der Waals surface area (Å²) >= 11 is 0. The van der Waals surface area contributed by atoms with Gasteiger partial charge in [0.15, 0.2) is 11.6 Å². The van der Waals surface area contributed by atoms with Crippen LogP contribution in [0.3, 0.4) is 0 Å². The number of aromatic nitrogens is 2. The summed E-state index contributed by atoms with van der Waals surface area (Å²) in [6.45, 7) is 0.454. The molecule has 0 saturated heterocycles. The Kier molecular flexibility index (Phi) is 3.63. The van der Waals surface area contributed by atoms with Crippen LogP contribution in [0.15, 0.2) is 53.7 Å². The summed E-state index contributed by atoms with van der Waals surface area (Å²) in [5.41, 5.74) is 11.5. The summed E-state index contributed by atoms with van der Waals surface area (Å²) in [7, 11) is 0. The van der Waals surface area contributed by atoms with Crippen molar-refractivity contribution in [1.82, 2.24) is 9.97 Å². The average molecular weight is 360 g/mol. The van der Waals surface area contributed by atoms with Gasteiger partial charge in [0.1, 0.15) is 0 Å². The molecule has 1 atom stereocenters. The van der Waals surface area contributed by atoms with Crippen molar-refractivity contribution in [3.63, 3.8) is 0 Å². The number of ether oxygens (including phenoxy) is 1. The van der Waals surface area contributed by atoms with Crippen LogP contribution < -0.4 is 10.5 Å². The van der Waals surface area contributed by atoms with Gasteiger partial charge in [-0.25, -0.2) is 14.4 Å². The van der Waals surface area contributed by atoms with E-state index in [1.54, 1.807) is 12.3 Å².